The Bertz CT molecular complexity index is 542. The second-order valence-electron chi connectivity index (χ2n) is 5.91. The van der Waals surface area contributed by atoms with E-state index < -0.39 is 24.7 Å². The summed E-state index contributed by atoms with van der Waals surface area (Å²) in [5.74, 6) is -0.503. The smallest absolute Gasteiger partial charge is 0.406 e. The molecule has 1 aromatic rings. The van der Waals surface area contributed by atoms with Crippen LogP contribution in [0.1, 0.15) is 25.7 Å². The first-order valence-corrected chi connectivity index (χ1v) is 8.17. The maximum absolute atomic E-state index is 12.8. The highest BCUT2D eigenvalue weighted by molar-refractivity contribution is 5.76. The number of halogens is 4. The Morgan fingerprint density at radius 3 is 2.60 bits per heavy atom. The van der Waals surface area contributed by atoms with E-state index in [1.54, 1.807) is 0 Å². The number of carbonyl (C=O) groups is 1. The summed E-state index contributed by atoms with van der Waals surface area (Å²) >= 11 is 0. The molecule has 1 aliphatic rings. The van der Waals surface area contributed by atoms with E-state index in [9.17, 15) is 22.4 Å². The van der Waals surface area contributed by atoms with Crippen LogP contribution in [0.5, 0.6) is 5.75 Å². The van der Waals surface area contributed by atoms with Gasteiger partial charge in [0.15, 0.2) is 0 Å². The molecule has 1 amide bonds. The third kappa shape index (κ3) is 6.89. The molecule has 1 heterocycles. The topological polar surface area (TPSA) is 38.8 Å². The number of amides is 1. The minimum absolute atomic E-state index is 0.0478. The van der Waals surface area contributed by atoms with Gasteiger partial charge in [-0.05, 0) is 43.5 Å². The quantitative estimate of drug-likeness (QED) is 0.549. The Balaban J connectivity index is 1.82. The highest BCUT2D eigenvalue weighted by Crippen LogP contribution is 2.22. The van der Waals surface area contributed by atoms with Gasteiger partial charge in [0.1, 0.15) is 18.1 Å². The van der Waals surface area contributed by atoms with Crippen molar-refractivity contribution in [1.29, 1.82) is 0 Å². The van der Waals surface area contributed by atoms with Crippen LogP contribution in [0.3, 0.4) is 0 Å². The Kier molecular flexibility index (Phi) is 7.04. The van der Waals surface area contributed by atoms with Gasteiger partial charge in [0, 0.05) is 13.0 Å². The summed E-state index contributed by atoms with van der Waals surface area (Å²) in [5.41, 5.74) is 0. The van der Waals surface area contributed by atoms with E-state index in [0.29, 0.717) is 25.2 Å². The van der Waals surface area contributed by atoms with Gasteiger partial charge in [-0.3, -0.25) is 4.79 Å². The van der Waals surface area contributed by atoms with E-state index in [0.717, 1.165) is 4.90 Å². The number of nitrogens with zero attached hydrogens (tertiary/aromatic N) is 1. The van der Waals surface area contributed by atoms with Crippen molar-refractivity contribution >= 4 is 5.91 Å². The summed E-state index contributed by atoms with van der Waals surface area (Å²) in [6.07, 6.45) is -3.07. The molecule has 2 rings (SSSR count). The van der Waals surface area contributed by atoms with Crippen molar-refractivity contribution in [1.82, 2.24) is 4.90 Å². The van der Waals surface area contributed by atoms with Crippen LogP contribution < -0.4 is 4.74 Å². The van der Waals surface area contributed by atoms with Crippen LogP contribution in [-0.4, -0.2) is 49.4 Å². The number of benzene rings is 1. The van der Waals surface area contributed by atoms with Crippen LogP contribution in [0.25, 0.3) is 0 Å². The number of hydrogen-bond donors (Lipinski definition) is 0. The molecule has 0 saturated carbocycles. The lowest BCUT2D eigenvalue weighted by Gasteiger charge is -2.34. The summed E-state index contributed by atoms with van der Waals surface area (Å²) < 4.78 is 61.7. The fourth-order valence-corrected chi connectivity index (χ4v) is 2.67. The molecule has 0 aromatic heterocycles. The molecule has 0 unspecified atom stereocenters. The van der Waals surface area contributed by atoms with Crippen molar-refractivity contribution in [2.45, 2.75) is 37.9 Å². The van der Waals surface area contributed by atoms with Gasteiger partial charge in [-0.15, -0.1) is 0 Å². The van der Waals surface area contributed by atoms with Gasteiger partial charge in [-0.25, -0.2) is 4.39 Å². The molecule has 1 aliphatic heterocycles. The van der Waals surface area contributed by atoms with Crippen molar-refractivity contribution in [3.63, 3.8) is 0 Å². The van der Waals surface area contributed by atoms with Crippen molar-refractivity contribution < 1.29 is 31.8 Å². The van der Waals surface area contributed by atoms with Crippen molar-refractivity contribution in [2.24, 2.45) is 0 Å². The highest BCUT2D eigenvalue weighted by atomic mass is 19.4. The molecule has 1 fully saturated rings. The maximum atomic E-state index is 12.8. The molecule has 1 atom stereocenters. The summed E-state index contributed by atoms with van der Waals surface area (Å²) in [5, 5.41) is 0. The lowest BCUT2D eigenvalue weighted by Crippen LogP contribution is -2.49. The van der Waals surface area contributed by atoms with Crippen LogP contribution in [-0.2, 0) is 9.53 Å². The molecule has 140 valence electrons. The first-order chi connectivity index (χ1) is 11.8. The van der Waals surface area contributed by atoms with E-state index in [1.165, 1.54) is 24.3 Å². The van der Waals surface area contributed by atoms with Crippen LogP contribution >= 0.6 is 0 Å². The molecule has 8 heteroatoms. The average Bonchev–Trinajstić information content (AvgIpc) is 2.58. The Morgan fingerprint density at radius 2 is 2.00 bits per heavy atom. The molecule has 0 radical (unpaired) electrons. The van der Waals surface area contributed by atoms with Gasteiger partial charge in [0.05, 0.1) is 19.3 Å². The molecule has 0 aliphatic carbocycles. The summed E-state index contributed by atoms with van der Waals surface area (Å²) in [6, 6.07) is 4.85. The third-order valence-corrected chi connectivity index (χ3v) is 3.86. The third-order valence-electron chi connectivity index (χ3n) is 3.86. The molecule has 0 N–H and O–H groups in total. The van der Waals surface area contributed by atoms with Gasteiger partial charge in [-0.2, -0.15) is 13.2 Å². The van der Waals surface area contributed by atoms with Crippen molar-refractivity contribution in [3.05, 3.63) is 30.1 Å². The van der Waals surface area contributed by atoms with Gasteiger partial charge in [-0.1, -0.05) is 0 Å². The Morgan fingerprint density at radius 1 is 1.28 bits per heavy atom. The molecule has 25 heavy (non-hydrogen) atoms. The van der Waals surface area contributed by atoms with E-state index in [1.807, 2.05) is 0 Å². The normalized spacial score (nSPS) is 18.0. The van der Waals surface area contributed by atoms with Gasteiger partial charge in [0.25, 0.3) is 0 Å². The highest BCUT2D eigenvalue weighted by Gasteiger charge is 2.36. The predicted octanol–water partition coefficient (Wildman–Crippen LogP) is 3.55. The largest absolute Gasteiger partial charge is 0.494 e. The van der Waals surface area contributed by atoms with Crippen LogP contribution in [0.2, 0.25) is 0 Å². The fourth-order valence-electron chi connectivity index (χ4n) is 2.67. The number of rotatable bonds is 7. The minimum Gasteiger partial charge on any atom is -0.494 e. The van der Waals surface area contributed by atoms with Crippen LogP contribution in [0.15, 0.2) is 24.3 Å². The zero-order chi connectivity index (χ0) is 18.3. The molecule has 1 aromatic carbocycles. The van der Waals surface area contributed by atoms with E-state index in [2.05, 4.69) is 0 Å². The number of alkyl halides is 3. The predicted molar refractivity (Wildman–Crippen MR) is 82.7 cm³/mol. The summed E-state index contributed by atoms with van der Waals surface area (Å²) in [7, 11) is 0. The molecule has 1 saturated heterocycles. The van der Waals surface area contributed by atoms with E-state index in [4.69, 9.17) is 9.47 Å². The van der Waals surface area contributed by atoms with Crippen LogP contribution in [0.4, 0.5) is 17.6 Å². The van der Waals surface area contributed by atoms with Gasteiger partial charge >= 0.3 is 6.18 Å². The van der Waals surface area contributed by atoms with Gasteiger partial charge in [0.2, 0.25) is 5.91 Å². The van der Waals surface area contributed by atoms with E-state index in [-0.39, 0.29) is 31.9 Å². The number of carbonyl (C=O) groups excluding carboxylic acids is 1. The zero-order valence-corrected chi connectivity index (χ0v) is 13.7. The van der Waals surface area contributed by atoms with Crippen LogP contribution in [0, 0.1) is 5.82 Å². The first-order valence-electron chi connectivity index (χ1n) is 8.17. The number of ether oxygens (including phenoxy) is 2. The Labute approximate surface area is 143 Å². The molecule has 0 spiro atoms. The molecule has 4 nitrogen and oxygen atoms in total. The lowest BCUT2D eigenvalue weighted by molar-refractivity contribution is -0.170. The summed E-state index contributed by atoms with van der Waals surface area (Å²) in [6.45, 7) is -0.457. The molecular weight excluding hydrogens is 342 g/mol. The molecular formula is C17H21F4NO3. The Hall–Kier alpha value is -1.83. The first kappa shape index (κ1) is 19.5. The van der Waals surface area contributed by atoms with Crippen molar-refractivity contribution in [3.8, 4) is 5.75 Å². The average molecular weight is 363 g/mol. The monoisotopic (exact) mass is 363 g/mol. The standard InChI is InChI=1S/C17H21F4NO3/c18-13-5-7-15(8-6-13)25-10-2-4-16(23)22(12-17(19,20)21)14-3-1-9-24-11-14/h5-8,14H,1-4,9-12H2/t14-/m1/s1. The second-order valence-corrected chi connectivity index (χ2v) is 5.91. The summed E-state index contributed by atoms with van der Waals surface area (Å²) in [4.78, 5) is 13.1. The lowest BCUT2D eigenvalue weighted by atomic mass is 10.1. The maximum Gasteiger partial charge on any atom is 0.406 e. The minimum atomic E-state index is -4.45. The van der Waals surface area contributed by atoms with Gasteiger partial charge < -0.3 is 14.4 Å². The number of hydrogen-bond acceptors (Lipinski definition) is 3. The van der Waals surface area contributed by atoms with Crippen molar-refractivity contribution in [2.75, 3.05) is 26.4 Å². The van der Waals surface area contributed by atoms with E-state index >= 15 is 0 Å². The zero-order valence-electron chi connectivity index (χ0n) is 13.7. The SMILES string of the molecule is O=C(CCCOc1ccc(F)cc1)N(CC(F)(F)F)[C@@H]1CCCOC1. The second kappa shape index (κ2) is 9.03. The fraction of sp³-hybridized carbons (Fsp3) is 0.588. The molecule has 0 bridgehead atoms.